The highest BCUT2D eigenvalue weighted by molar-refractivity contribution is 6.06. The topological polar surface area (TPSA) is 55.8 Å². The van der Waals surface area contributed by atoms with Gasteiger partial charge >= 0.3 is 5.97 Å². The van der Waals surface area contributed by atoms with Gasteiger partial charge in [0.05, 0.1) is 11.9 Å². The van der Waals surface area contributed by atoms with E-state index in [1.807, 2.05) is 0 Å². The Labute approximate surface area is 79.7 Å². The number of halogens is 1. The normalized spacial score (nSPS) is 12.4. The summed E-state index contributed by atoms with van der Waals surface area (Å²) in [6.07, 6.45) is -1.20. The molecule has 1 N–H and O–H groups in total. The van der Waals surface area contributed by atoms with E-state index < -0.39 is 12.1 Å². The van der Waals surface area contributed by atoms with Crippen LogP contribution in [0.5, 0.6) is 0 Å². The maximum Gasteiger partial charge on any atom is 0.341 e. The molecule has 1 unspecified atom stereocenters. The van der Waals surface area contributed by atoms with E-state index in [2.05, 4.69) is 9.33 Å². The van der Waals surface area contributed by atoms with Gasteiger partial charge in [-0.15, -0.1) is 4.44 Å². The minimum absolute atomic E-state index is 0.468. The first-order chi connectivity index (χ1) is 6.25. The fourth-order valence-electron chi connectivity index (χ4n) is 0.903. The Morgan fingerprint density at radius 3 is 2.46 bits per heavy atom. The minimum atomic E-state index is -1.20. The van der Waals surface area contributed by atoms with Gasteiger partial charge in [-0.25, -0.2) is 4.79 Å². The molecule has 1 rings (SSSR count). The molecule has 0 saturated heterocycles. The highest BCUT2D eigenvalue weighted by Gasteiger charge is 2.21. The summed E-state index contributed by atoms with van der Waals surface area (Å²) < 4.78 is 3.81. The lowest BCUT2D eigenvalue weighted by Gasteiger charge is -2.08. The third-order valence-electron chi connectivity index (χ3n) is 1.46. The molecule has 0 aliphatic heterocycles. The van der Waals surface area contributed by atoms with Crippen molar-refractivity contribution in [2.75, 3.05) is 0 Å². The molecule has 0 saturated carbocycles. The molecule has 0 aliphatic carbocycles. The molecule has 4 nitrogen and oxygen atoms in total. The van der Waals surface area contributed by atoms with Crippen LogP contribution in [0.1, 0.15) is 11.7 Å². The van der Waals surface area contributed by atoms with Gasteiger partial charge in [-0.05, 0) is 5.56 Å². The van der Waals surface area contributed by atoms with E-state index in [0.717, 1.165) is 0 Å². The molecule has 0 aromatic heterocycles. The van der Waals surface area contributed by atoms with Crippen molar-refractivity contribution < 1.29 is 19.2 Å². The molecule has 0 fully saturated rings. The molecular formula is C8H7ClO4. The Bertz CT molecular complexity index is 275. The van der Waals surface area contributed by atoms with Crippen LogP contribution in [-0.2, 0) is 14.1 Å². The minimum Gasteiger partial charge on any atom is -0.479 e. The predicted molar refractivity (Wildman–Crippen MR) is 44.8 cm³/mol. The first kappa shape index (κ1) is 9.98. The number of carbonyl (C=O) groups is 1. The van der Waals surface area contributed by atoms with Gasteiger partial charge in [0, 0.05) is 0 Å². The fourth-order valence-corrected chi connectivity index (χ4v) is 0.976. The van der Waals surface area contributed by atoms with Crippen molar-refractivity contribution in [1.29, 1.82) is 0 Å². The summed E-state index contributed by atoms with van der Waals surface area (Å²) in [7, 11) is 0. The second kappa shape index (κ2) is 4.81. The van der Waals surface area contributed by atoms with Crippen LogP contribution in [0.25, 0.3) is 0 Å². The molecule has 0 amide bonds. The summed E-state index contributed by atoms with van der Waals surface area (Å²) in [6, 6.07) is 8.37. The van der Waals surface area contributed by atoms with Crippen LogP contribution >= 0.6 is 11.9 Å². The van der Waals surface area contributed by atoms with Crippen LogP contribution in [0.15, 0.2) is 30.3 Å². The summed E-state index contributed by atoms with van der Waals surface area (Å²) in [5, 5.41) is 8.69. The number of hydrogen-bond donors (Lipinski definition) is 1. The van der Waals surface area contributed by atoms with E-state index in [1.54, 1.807) is 30.3 Å². The lowest BCUT2D eigenvalue weighted by Crippen LogP contribution is -2.13. The number of carboxylic acids is 1. The van der Waals surface area contributed by atoms with Crippen molar-refractivity contribution in [3.63, 3.8) is 0 Å². The lowest BCUT2D eigenvalue weighted by molar-refractivity contribution is -0.247. The van der Waals surface area contributed by atoms with Crippen LogP contribution in [0.2, 0.25) is 0 Å². The predicted octanol–water partition coefficient (Wildman–Crippen LogP) is 1.91. The Hall–Kier alpha value is -1.10. The summed E-state index contributed by atoms with van der Waals surface area (Å²) in [5.74, 6) is -1.16. The zero-order valence-electron chi connectivity index (χ0n) is 6.51. The van der Waals surface area contributed by atoms with Crippen molar-refractivity contribution in [1.82, 2.24) is 0 Å². The SMILES string of the molecule is O=C(O)C(OOCl)c1ccccc1. The summed E-state index contributed by atoms with van der Waals surface area (Å²) >= 11 is 4.80. The smallest absolute Gasteiger partial charge is 0.341 e. The third-order valence-corrected chi connectivity index (χ3v) is 1.53. The van der Waals surface area contributed by atoms with E-state index in [-0.39, 0.29) is 0 Å². The van der Waals surface area contributed by atoms with Gasteiger partial charge in [0.1, 0.15) is 0 Å². The van der Waals surface area contributed by atoms with Gasteiger partial charge in [-0.2, -0.15) is 4.89 Å². The molecule has 1 aromatic carbocycles. The van der Waals surface area contributed by atoms with Crippen LogP contribution in [0, 0.1) is 0 Å². The highest BCUT2D eigenvalue weighted by atomic mass is 35.5. The summed E-state index contributed by atoms with van der Waals surface area (Å²) in [6.45, 7) is 0. The van der Waals surface area contributed by atoms with Crippen LogP contribution in [0.3, 0.4) is 0 Å². The van der Waals surface area contributed by atoms with E-state index in [0.29, 0.717) is 5.56 Å². The molecule has 1 aromatic rings. The molecule has 0 spiro atoms. The molecule has 0 radical (unpaired) electrons. The van der Waals surface area contributed by atoms with Crippen molar-refractivity contribution >= 4 is 17.8 Å². The average molecular weight is 203 g/mol. The summed E-state index contributed by atoms with van der Waals surface area (Å²) in [5.41, 5.74) is 0.468. The third kappa shape index (κ3) is 2.69. The second-order valence-electron chi connectivity index (χ2n) is 2.29. The number of aliphatic carboxylic acids is 1. The molecule has 13 heavy (non-hydrogen) atoms. The van der Waals surface area contributed by atoms with Crippen LogP contribution < -0.4 is 0 Å². The zero-order valence-corrected chi connectivity index (χ0v) is 7.27. The number of hydrogen-bond acceptors (Lipinski definition) is 3. The van der Waals surface area contributed by atoms with E-state index >= 15 is 0 Å². The Morgan fingerprint density at radius 1 is 1.38 bits per heavy atom. The molecule has 1 atom stereocenters. The quantitative estimate of drug-likeness (QED) is 0.599. The monoisotopic (exact) mass is 202 g/mol. The maximum absolute atomic E-state index is 10.6. The van der Waals surface area contributed by atoms with Gasteiger partial charge in [-0.3, -0.25) is 0 Å². The van der Waals surface area contributed by atoms with Gasteiger partial charge in [-0.1, -0.05) is 30.3 Å². The Kier molecular flexibility index (Phi) is 3.70. The maximum atomic E-state index is 10.6. The van der Waals surface area contributed by atoms with Gasteiger partial charge < -0.3 is 5.11 Å². The first-order valence-corrected chi connectivity index (χ1v) is 3.78. The zero-order chi connectivity index (χ0) is 9.68. The van der Waals surface area contributed by atoms with Crippen molar-refractivity contribution in [3.8, 4) is 0 Å². The first-order valence-electron chi connectivity index (χ1n) is 3.47. The molecule has 5 heteroatoms. The number of benzene rings is 1. The standard InChI is InChI=1S/C8H7ClO4/c9-13-12-7(8(10)11)6-4-2-1-3-5-6/h1-5,7H,(H,10,11). The van der Waals surface area contributed by atoms with Crippen molar-refractivity contribution in [3.05, 3.63) is 35.9 Å². The number of carboxylic acid groups (broad SMARTS) is 1. The second-order valence-corrected chi connectivity index (χ2v) is 2.41. The molecule has 0 aliphatic rings. The molecule has 0 heterocycles. The van der Waals surface area contributed by atoms with E-state index in [4.69, 9.17) is 17.0 Å². The van der Waals surface area contributed by atoms with Crippen molar-refractivity contribution in [2.45, 2.75) is 6.10 Å². The highest BCUT2D eigenvalue weighted by Crippen LogP contribution is 2.17. The van der Waals surface area contributed by atoms with Gasteiger partial charge in [0.15, 0.2) is 0 Å². The summed E-state index contributed by atoms with van der Waals surface area (Å²) in [4.78, 5) is 15.0. The molecular weight excluding hydrogens is 196 g/mol. The number of rotatable bonds is 4. The van der Waals surface area contributed by atoms with Gasteiger partial charge in [0.25, 0.3) is 0 Å². The Balaban J connectivity index is 2.82. The molecule has 70 valence electrons. The van der Waals surface area contributed by atoms with E-state index in [9.17, 15) is 4.79 Å². The van der Waals surface area contributed by atoms with Gasteiger partial charge in [0.2, 0.25) is 6.10 Å². The van der Waals surface area contributed by atoms with Crippen molar-refractivity contribution in [2.24, 2.45) is 0 Å². The van der Waals surface area contributed by atoms with Crippen LogP contribution in [-0.4, -0.2) is 11.1 Å². The average Bonchev–Trinajstić information content (AvgIpc) is 2.15. The largest absolute Gasteiger partial charge is 0.479 e. The van der Waals surface area contributed by atoms with Crippen LogP contribution in [0.4, 0.5) is 0 Å². The Morgan fingerprint density at radius 2 is 2.00 bits per heavy atom. The fraction of sp³-hybridized carbons (Fsp3) is 0.125. The van der Waals surface area contributed by atoms with E-state index in [1.165, 1.54) is 0 Å². The lowest BCUT2D eigenvalue weighted by atomic mass is 10.1. The molecule has 0 bridgehead atoms.